The van der Waals surface area contributed by atoms with E-state index in [0.29, 0.717) is 6.54 Å². The van der Waals surface area contributed by atoms with Crippen molar-refractivity contribution in [3.05, 3.63) is 29.6 Å². The molecule has 1 saturated heterocycles. The first kappa shape index (κ1) is 13.3. The number of methoxy groups -OCH3 is 1. The number of rotatable bonds is 4. The van der Waals surface area contributed by atoms with Crippen LogP contribution in [0.1, 0.15) is 30.9 Å². The largest absolute Gasteiger partial charge is 0.494 e. The van der Waals surface area contributed by atoms with Crippen LogP contribution in [0.15, 0.2) is 18.2 Å². The molecule has 3 nitrogen and oxygen atoms in total. The minimum absolute atomic E-state index is 0.116. The molecule has 2 rings (SSSR count). The van der Waals surface area contributed by atoms with Crippen molar-refractivity contribution in [1.29, 1.82) is 0 Å². The summed E-state index contributed by atoms with van der Waals surface area (Å²) in [5.41, 5.74) is 6.80. The molecule has 0 amide bonds. The van der Waals surface area contributed by atoms with Gasteiger partial charge in [0.25, 0.3) is 0 Å². The molecule has 0 aromatic heterocycles. The van der Waals surface area contributed by atoms with E-state index in [-0.39, 0.29) is 17.6 Å². The minimum Gasteiger partial charge on any atom is -0.494 e. The molecule has 18 heavy (non-hydrogen) atoms. The van der Waals surface area contributed by atoms with Crippen molar-refractivity contribution in [1.82, 2.24) is 4.90 Å². The molecule has 2 N–H and O–H groups in total. The molecule has 4 heteroatoms. The fourth-order valence-electron chi connectivity index (χ4n) is 2.62. The Kier molecular flexibility index (Phi) is 4.55. The molecule has 1 aromatic carbocycles. The molecule has 1 heterocycles. The molecule has 1 aromatic rings. The summed E-state index contributed by atoms with van der Waals surface area (Å²) in [6, 6.07) is 5.25. The molecule has 0 spiro atoms. The van der Waals surface area contributed by atoms with Crippen molar-refractivity contribution >= 4 is 0 Å². The summed E-state index contributed by atoms with van der Waals surface area (Å²) in [7, 11) is 1.48. The van der Waals surface area contributed by atoms with E-state index in [0.717, 1.165) is 18.7 Å². The predicted octanol–water partition coefficient (Wildman–Crippen LogP) is 2.32. The summed E-state index contributed by atoms with van der Waals surface area (Å²) in [5, 5.41) is 0. The van der Waals surface area contributed by atoms with Crippen molar-refractivity contribution in [3.8, 4) is 5.75 Å². The fraction of sp³-hybridized carbons (Fsp3) is 0.571. The van der Waals surface area contributed by atoms with Gasteiger partial charge < -0.3 is 10.5 Å². The zero-order valence-electron chi connectivity index (χ0n) is 10.9. The third kappa shape index (κ3) is 2.82. The van der Waals surface area contributed by atoms with Crippen molar-refractivity contribution in [2.75, 3.05) is 26.7 Å². The van der Waals surface area contributed by atoms with Crippen LogP contribution in [0.3, 0.4) is 0 Å². The molecule has 100 valence electrons. The smallest absolute Gasteiger partial charge is 0.165 e. The van der Waals surface area contributed by atoms with E-state index in [1.54, 1.807) is 12.1 Å². The molecule has 1 unspecified atom stereocenters. The molecule has 1 atom stereocenters. The number of benzene rings is 1. The summed E-state index contributed by atoms with van der Waals surface area (Å²) in [6.07, 6.45) is 3.69. The highest BCUT2D eigenvalue weighted by Gasteiger charge is 2.21. The molecule has 1 aliphatic heterocycles. The molecular weight excluding hydrogens is 231 g/mol. The Bertz CT molecular complexity index is 391. The third-order valence-corrected chi connectivity index (χ3v) is 3.62. The summed E-state index contributed by atoms with van der Waals surface area (Å²) in [5.74, 6) is -0.0291. The van der Waals surface area contributed by atoms with E-state index in [9.17, 15) is 4.39 Å². The Labute approximate surface area is 108 Å². The molecule has 1 aliphatic rings. The van der Waals surface area contributed by atoms with Gasteiger partial charge in [0, 0.05) is 12.6 Å². The molecule has 0 saturated carbocycles. The molecule has 0 bridgehead atoms. The average Bonchev–Trinajstić information content (AvgIpc) is 2.41. The van der Waals surface area contributed by atoms with Crippen LogP contribution >= 0.6 is 0 Å². The highest BCUT2D eigenvalue weighted by atomic mass is 19.1. The van der Waals surface area contributed by atoms with Gasteiger partial charge in [-0.05, 0) is 43.6 Å². The van der Waals surface area contributed by atoms with E-state index in [2.05, 4.69) is 4.90 Å². The number of ether oxygens (including phenoxy) is 1. The van der Waals surface area contributed by atoms with E-state index >= 15 is 0 Å². The predicted molar refractivity (Wildman–Crippen MR) is 70.2 cm³/mol. The Morgan fingerprint density at radius 1 is 1.33 bits per heavy atom. The summed E-state index contributed by atoms with van der Waals surface area (Å²) >= 11 is 0. The Hall–Kier alpha value is -1.13. The van der Waals surface area contributed by atoms with Crippen molar-refractivity contribution < 1.29 is 9.13 Å². The van der Waals surface area contributed by atoms with Crippen molar-refractivity contribution in [3.63, 3.8) is 0 Å². The van der Waals surface area contributed by atoms with E-state index in [4.69, 9.17) is 10.5 Å². The topological polar surface area (TPSA) is 38.5 Å². The van der Waals surface area contributed by atoms with Crippen LogP contribution in [-0.4, -0.2) is 31.6 Å². The van der Waals surface area contributed by atoms with Crippen LogP contribution in [0.2, 0.25) is 0 Å². The van der Waals surface area contributed by atoms with Crippen LogP contribution in [0.4, 0.5) is 4.39 Å². The quantitative estimate of drug-likeness (QED) is 0.893. The highest BCUT2D eigenvalue weighted by molar-refractivity contribution is 5.31. The normalized spacial score (nSPS) is 18.6. The highest BCUT2D eigenvalue weighted by Crippen LogP contribution is 2.27. The van der Waals surface area contributed by atoms with Gasteiger partial charge in [-0.25, -0.2) is 4.39 Å². The maximum atomic E-state index is 13.7. The summed E-state index contributed by atoms with van der Waals surface area (Å²) in [4.78, 5) is 2.35. The number of nitrogens with two attached hydrogens (primary N) is 1. The standard InChI is InChI=1S/C14H21FN2O/c1-18-14-6-5-11(9-12(14)15)13(10-16)17-7-3-2-4-8-17/h5-6,9,13H,2-4,7-8,10,16H2,1H3. The Morgan fingerprint density at radius 2 is 2.06 bits per heavy atom. The van der Waals surface area contributed by atoms with Crippen LogP contribution in [0.5, 0.6) is 5.75 Å². The average molecular weight is 252 g/mol. The van der Waals surface area contributed by atoms with Crippen LogP contribution in [0.25, 0.3) is 0 Å². The zero-order chi connectivity index (χ0) is 13.0. The van der Waals surface area contributed by atoms with Crippen molar-refractivity contribution in [2.24, 2.45) is 5.73 Å². The number of hydrogen-bond acceptors (Lipinski definition) is 3. The fourth-order valence-corrected chi connectivity index (χ4v) is 2.62. The second-order valence-corrected chi connectivity index (χ2v) is 4.74. The minimum atomic E-state index is -0.314. The first-order valence-electron chi connectivity index (χ1n) is 6.54. The third-order valence-electron chi connectivity index (χ3n) is 3.62. The van der Waals surface area contributed by atoms with Gasteiger partial charge in [0.15, 0.2) is 11.6 Å². The van der Waals surface area contributed by atoms with E-state index < -0.39 is 0 Å². The number of halogens is 1. The van der Waals surface area contributed by atoms with Crippen molar-refractivity contribution in [2.45, 2.75) is 25.3 Å². The monoisotopic (exact) mass is 252 g/mol. The van der Waals surface area contributed by atoms with Crippen LogP contribution in [-0.2, 0) is 0 Å². The summed E-state index contributed by atoms with van der Waals surface area (Å²) in [6.45, 7) is 2.62. The van der Waals surface area contributed by atoms with Crippen LogP contribution in [0, 0.1) is 5.82 Å². The van der Waals surface area contributed by atoms with Gasteiger partial charge >= 0.3 is 0 Å². The van der Waals surface area contributed by atoms with Gasteiger partial charge in [0.1, 0.15) is 0 Å². The lowest BCUT2D eigenvalue weighted by molar-refractivity contribution is 0.167. The number of hydrogen-bond donors (Lipinski definition) is 1. The second-order valence-electron chi connectivity index (χ2n) is 4.74. The molecular formula is C14H21FN2O. The first-order valence-corrected chi connectivity index (χ1v) is 6.54. The maximum Gasteiger partial charge on any atom is 0.165 e. The SMILES string of the molecule is COc1ccc(C(CN)N2CCCCC2)cc1F. The lowest BCUT2D eigenvalue weighted by atomic mass is 10.0. The summed E-state index contributed by atoms with van der Waals surface area (Å²) < 4.78 is 18.7. The van der Waals surface area contributed by atoms with Gasteiger partial charge in [-0.1, -0.05) is 12.5 Å². The number of likely N-dealkylation sites (tertiary alicyclic amines) is 1. The number of nitrogens with zero attached hydrogens (tertiary/aromatic N) is 1. The van der Waals surface area contributed by atoms with Gasteiger partial charge in [0.05, 0.1) is 7.11 Å². The van der Waals surface area contributed by atoms with E-state index in [1.165, 1.54) is 26.4 Å². The zero-order valence-corrected chi connectivity index (χ0v) is 10.9. The molecule has 0 aliphatic carbocycles. The van der Waals surface area contributed by atoms with Crippen LogP contribution < -0.4 is 10.5 Å². The molecule has 1 fully saturated rings. The second kappa shape index (κ2) is 6.16. The Balaban J connectivity index is 2.18. The maximum absolute atomic E-state index is 13.7. The number of piperidine rings is 1. The Morgan fingerprint density at radius 3 is 2.61 bits per heavy atom. The van der Waals surface area contributed by atoms with Gasteiger partial charge in [0.2, 0.25) is 0 Å². The van der Waals surface area contributed by atoms with Gasteiger partial charge in [-0.15, -0.1) is 0 Å². The van der Waals surface area contributed by atoms with E-state index in [1.807, 2.05) is 6.07 Å². The first-order chi connectivity index (χ1) is 8.76. The van der Waals surface area contributed by atoms with Gasteiger partial charge in [-0.3, -0.25) is 4.90 Å². The van der Waals surface area contributed by atoms with Gasteiger partial charge in [-0.2, -0.15) is 0 Å². The molecule has 0 radical (unpaired) electrons. The lowest BCUT2D eigenvalue weighted by Crippen LogP contribution is -2.37. The lowest BCUT2D eigenvalue weighted by Gasteiger charge is -2.34.